The summed E-state index contributed by atoms with van der Waals surface area (Å²) in [4.78, 5) is 42.5. The van der Waals surface area contributed by atoms with E-state index in [4.69, 9.17) is 0 Å². The molecule has 200 valence electrons. The Morgan fingerprint density at radius 2 is 1.52 bits per heavy atom. The molecule has 0 aliphatic rings. The van der Waals surface area contributed by atoms with Crippen LogP contribution in [0.15, 0.2) is 103 Å². The van der Waals surface area contributed by atoms with Crippen LogP contribution in [0.4, 0.5) is 5.69 Å². The number of hydrogen-bond donors (Lipinski definition) is 1. The lowest BCUT2D eigenvalue weighted by Crippen LogP contribution is -2.46. The summed E-state index contributed by atoms with van der Waals surface area (Å²) in [5.41, 5.74) is 4.46. The van der Waals surface area contributed by atoms with Gasteiger partial charge in [-0.3, -0.25) is 19.3 Å². The van der Waals surface area contributed by atoms with Crippen LogP contribution in [-0.2, 0) is 22.7 Å². The number of amides is 2. The number of aryl methyl sites for hydroxylation is 1. The van der Waals surface area contributed by atoms with E-state index in [9.17, 15) is 14.4 Å². The summed E-state index contributed by atoms with van der Waals surface area (Å²) >= 11 is 0. The molecule has 1 atom stereocenters. The van der Waals surface area contributed by atoms with E-state index in [0.717, 1.165) is 11.1 Å². The molecule has 0 spiro atoms. The van der Waals surface area contributed by atoms with Crippen LogP contribution in [0.25, 0.3) is 11.0 Å². The SMILES string of the molecule is CC(=O)c1ccccc1N(C(=O)Cn1nnc2ccccc21)[C@H](C(=O)NCc1ccccc1)c1ccccc1C. The third-order valence-electron chi connectivity index (χ3n) is 6.82. The Balaban J connectivity index is 1.62. The van der Waals surface area contributed by atoms with Crippen molar-refractivity contribution in [1.82, 2.24) is 20.3 Å². The Hall–Kier alpha value is -5.11. The van der Waals surface area contributed by atoms with E-state index >= 15 is 0 Å². The third-order valence-corrected chi connectivity index (χ3v) is 6.82. The average Bonchev–Trinajstić information content (AvgIpc) is 3.38. The fraction of sp³-hybridized carbons (Fsp3) is 0.156. The fourth-order valence-corrected chi connectivity index (χ4v) is 4.81. The van der Waals surface area contributed by atoms with Crippen molar-refractivity contribution in [3.8, 4) is 0 Å². The molecule has 0 saturated carbocycles. The zero-order valence-corrected chi connectivity index (χ0v) is 22.3. The van der Waals surface area contributed by atoms with Gasteiger partial charge in [0.1, 0.15) is 18.1 Å². The lowest BCUT2D eigenvalue weighted by molar-refractivity contribution is -0.127. The molecule has 0 bridgehead atoms. The summed E-state index contributed by atoms with van der Waals surface area (Å²) in [6.07, 6.45) is 0. The highest BCUT2D eigenvalue weighted by Gasteiger charge is 2.35. The van der Waals surface area contributed by atoms with Crippen molar-refractivity contribution in [1.29, 1.82) is 0 Å². The maximum Gasteiger partial charge on any atom is 0.249 e. The Morgan fingerprint density at radius 3 is 2.30 bits per heavy atom. The third kappa shape index (κ3) is 5.51. The van der Waals surface area contributed by atoms with Gasteiger partial charge >= 0.3 is 0 Å². The van der Waals surface area contributed by atoms with Crippen LogP contribution in [0.2, 0.25) is 0 Å². The molecular formula is C32H29N5O3. The van der Waals surface area contributed by atoms with Crippen molar-refractivity contribution in [2.45, 2.75) is 33.0 Å². The van der Waals surface area contributed by atoms with Gasteiger partial charge in [0.25, 0.3) is 0 Å². The van der Waals surface area contributed by atoms with Crippen LogP contribution in [0.3, 0.4) is 0 Å². The number of hydrogen-bond acceptors (Lipinski definition) is 5. The average molecular weight is 532 g/mol. The molecule has 8 nitrogen and oxygen atoms in total. The van der Waals surface area contributed by atoms with Gasteiger partial charge in [-0.25, -0.2) is 4.68 Å². The van der Waals surface area contributed by atoms with Gasteiger partial charge in [-0.15, -0.1) is 5.10 Å². The highest BCUT2D eigenvalue weighted by atomic mass is 16.2. The maximum atomic E-state index is 14.3. The molecular weight excluding hydrogens is 502 g/mol. The fourth-order valence-electron chi connectivity index (χ4n) is 4.81. The molecule has 1 heterocycles. The van der Waals surface area contributed by atoms with Crippen molar-refractivity contribution < 1.29 is 14.4 Å². The van der Waals surface area contributed by atoms with Crippen molar-refractivity contribution in [3.63, 3.8) is 0 Å². The van der Waals surface area contributed by atoms with Gasteiger partial charge in [-0.1, -0.05) is 84.1 Å². The number of aromatic nitrogens is 3. The number of ketones is 1. The zero-order valence-electron chi connectivity index (χ0n) is 22.3. The van der Waals surface area contributed by atoms with E-state index in [0.29, 0.717) is 27.8 Å². The van der Waals surface area contributed by atoms with E-state index in [1.54, 1.807) is 24.3 Å². The summed E-state index contributed by atoms with van der Waals surface area (Å²) in [5.74, 6) is -0.992. The van der Waals surface area contributed by atoms with Gasteiger partial charge < -0.3 is 5.32 Å². The van der Waals surface area contributed by atoms with Crippen LogP contribution >= 0.6 is 0 Å². The molecule has 1 aromatic heterocycles. The van der Waals surface area contributed by atoms with Gasteiger partial charge in [-0.05, 0) is 54.8 Å². The number of rotatable bonds is 9. The second kappa shape index (κ2) is 11.7. The summed E-state index contributed by atoms with van der Waals surface area (Å²) in [5, 5.41) is 11.4. The highest BCUT2D eigenvalue weighted by molar-refractivity contribution is 6.08. The van der Waals surface area contributed by atoms with Crippen molar-refractivity contribution >= 4 is 34.3 Å². The molecule has 0 saturated heterocycles. The monoisotopic (exact) mass is 531 g/mol. The smallest absolute Gasteiger partial charge is 0.249 e. The van der Waals surface area contributed by atoms with E-state index in [2.05, 4.69) is 15.6 Å². The number of carbonyl (C=O) groups is 3. The first-order valence-electron chi connectivity index (χ1n) is 13.0. The standard InChI is InChI=1S/C32H29N5O3/c1-22-12-6-7-15-25(22)31(32(40)33-20-24-13-4-3-5-14-24)37(28-18-10-8-16-26(28)23(2)38)30(39)21-36-29-19-11-9-17-27(29)34-35-36/h3-19,31H,20-21H2,1-2H3,(H,33,40)/t31-/m0/s1. The summed E-state index contributed by atoms with van der Waals surface area (Å²) in [6.45, 7) is 3.45. The normalized spacial score (nSPS) is 11.7. The van der Waals surface area contributed by atoms with Crippen molar-refractivity contribution in [2.24, 2.45) is 0 Å². The quantitative estimate of drug-likeness (QED) is 0.269. The minimum absolute atomic E-state index is 0.179. The lowest BCUT2D eigenvalue weighted by atomic mass is 9.96. The van der Waals surface area contributed by atoms with Crippen LogP contribution in [0.5, 0.6) is 0 Å². The second-order valence-corrected chi connectivity index (χ2v) is 9.54. The molecule has 0 aliphatic carbocycles. The van der Waals surface area contributed by atoms with Gasteiger partial charge in [0.2, 0.25) is 11.8 Å². The van der Waals surface area contributed by atoms with Gasteiger partial charge in [-0.2, -0.15) is 0 Å². The number of para-hydroxylation sites is 2. The summed E-state index contributed by atoms with van der Waals surface area (Å²) in [6, 6.07) is 30.2. The highest BCUT2D eigenvalue weighted by Crippen LogP contribution is 2.33. The molecule has 0 radical (unpaired) electrons. The molecule has 0 unspecified atom stereocenters. The van der Waals surface area contributed by atoms with Crippen LogP contribution in [0, 0.1) is 6.92 Å². The number of Topliss-reactive ketones (excluding diaryl/α,β-unsaturated/α-hetero) is 1. The number of nitrogens with zero attached hydrogens (tertiary/aromatic N) is 4. The first-order chi connectivity index (χ1) is 19.4. The largest absolute Gasteiger partial charge is 0.350 e. The molecule has 2 amide bonds. The molecule has 8 heteroatoms. The van der Waals surface area contributed by atoms with Crippen molar-refractivity contribution in [3.05, 3.63) is 125 Å². The minimum Gasteiger partial charge on any atom is -0.350 e. The first kappa shape index (κ1) is 26.5. The molecule has 5 rings (SSSR count). The number of carbonyl (C=O) groups excluding carboxylic acids is 3. The molecule has 0 aliphatic heterocycles. The number of benzene rings is 4. The lowest BCUT2D eigenvalue weighted by Gasteiger charge is -2.33. The molecule has 4 aromatic carbocycles. The number of nitrogens with one attached hydrogen (secondary N) is 1. The molecule has 1 N–H and O–H groups in total. The van der Waals surface area contributed by atoms with E-state index in [-0.39, 0.29) is 24.8 Å². The first-order valence-corrected chi connectivity index (χ1v) is 13.0. The van der Waals surface area contributed by atoms with Crippen molar-refractivity contribution in [2.75, 3.05) is 4.90 Å². The summed E-state index contributed by atoms with van der Waals surface area (Å²) in [7, 11) is 0. The predicted octanol–water partition coefficient (Wildman–Crippen LogP) is 5.03. The molecule has 40 heavy (non-hydrogen) atoms. The second-order valence-electron chi connectivity index (χ2n) is 9.54. The molecule has 0 fully saturated rings. The topological polar surface area (TPSA) is 97.2 Å². The Labute approximate surface area is 232 Å². The predicted molar refractivity (Wildman–Crippen MR) is 154 cm³/mol. The van der Waals surface area contributed by atoms with Crippen LogP contribution < -0.4 is 10.2 Å². The van der Waals surface area contributed by atoms with Crippen LogP contribution in [-0.4, -0.2) is 32.6 Å². The van der Waals surface area contributed by atoms with Gasteiger partial charge in [0, 0.05) is 12.1 Å². The number of anilines is 1. The van der Waals surface area contributed by atoms with Gasteiger partial charge in [0.05, 0.1) is 11.2 Å². The minimum atomic E-state index is -1.05. The number of fused-ring (bicyclic) bond motifs is 1. The van der Waals surface area contributed by atoms with Gasteiger partial charge in [0.15, 0.2) is 5.78 Å². The Kier molecular flexibility index (Phi) is 7.77. The van der Waals surface area contributed by atoms with E-state index in [1.165, 1.54) is 16.5 Å². The Morgan fingerprint density at radius 1 is 0.850 bits per heavy atom. The van der Waals surface area contributed by atoms with Crippen LogP contribution in [0.1, 0.15) is 40.0 Å². The maximum absolute atomic E-state index is 14.3. The summed E-state index contributed by atoms with van der Waals surface area (Å²) < 4.78 is 1.51. The zero-order chi connectivity index (χ0) is 28.1. The Bertz CT molecular complexity index is 1680. The van der Waals surface area contributed by atoms with E-state index in [1.807, 2.05) is 85.8 Å². The molecule has 5 aromatic rings. The van der Waals surface area contributed by atoms with E-state index < -0.39 is 11.9 Å².